The van der Waals surface area contributed by atoms with E-state index in [1.807, 2.05) is 52.8 Å². The molecule has 0 bridgehead atoms. The summed E-state index contributed by atoms with van der Waals surface area (Å²) in [6, 6.07) is 9.19. The number of hydrogen-bond acceptors (Lipinski definition) is 5. The van der Waals surface area contributed by atoms with Crippen LogP contribution in [0, 0.1) is 6.92 Å². The molecule has 120 valence electrons. The fourth-order valence-corrected chi connectivity index (χ4v) is 3.37. The monoisotopic (exact) mass is 329 g/mol. The highest BCUT2D eigenvalue weighted by Gasteiger charge is 2.53. The summed E-state index contributed by atoms with van der Waals surface area (Å²) in [5, 5.41) is 0.471. The lowest BCUT2D eigenvalue weighted by atomic mass is 9.86. The number of nitrogens with zero attached hydrogens (tertiary/aromatic N) is 1. The normalized spacial score (nSPS) is 19.1. The van der Waals surface area contributed by atoms with Crippen LogP contribution in [0.4, 0.5) is 0 Å². The van der Waals surface area contributed by atoms with E-state index in [2.05, 4.69) is 4.98 Å². The van der Waals surface area contributed by atoms with Crippen LogP contribution in [0.5, 0.6) is 0 Å². The Morgan fingerprint density at radius 3 is 2.22 bits per heavy atom. The van der Waals surface area contributed by atoms with Crippen molar-refractivity contribution in [2.75, 3.05) is 0 Å². The molecular weight excluding hydrogens is 309 g/mol. The molecule has 0 saturated carbocycles. The number of benzene rings is 1. The van der Waals surface area contributed by atoms with Crippen molar-refractivity contribution < 1.29 is 14.1 Å². The van der Waals surface area contributed by atoms with Crippen LogP contribution >= 0.6 is 11.3 Å². The zero-order valence-electron chi connectivity index (χ0n) is 14.0. The minimum Gasteiger partial charge on any atom is -0.399 e. The van der Waals surface area contributed by atoms with E-state index in [4.69, 9.17) is 9.31 Å². The van der Waals surface area contributed by atoms with Crippen LogP contribution in [0.2, 0.25) is 0 Å². The Balaban J connectivity index is 1.90. The van der Waals surface area contributed by atoms with E-state index in [0.717, 1.165) is 10.5 Å². The fourth-order valence-electron chi connectivity index (χ4n) is 2.39. The van der Waals surface area contributed by atoms with Crippen LogP contribution in [-0.2, 0) is 9.31 Å². The molecule has 0 radical (unpaired) electrons. The van der Waals surface area contributed by atoms with Gasteiger partial charge >= 0.3 is 7.12 Å². The van der Waals surface area contributed by atoms with Crippen LogP contribution in [-0.4, -0.2) is 29.1 Å². The molecule has 3 rings (SSSR count). The Morgan fingerprint density at radius 2 is 1.65 bits per heavy atom. The largest absolute Gasteiger partial charge is 0.507 e. The van der Waals surface area contributed by atoms with Crippen LogP contribution in [0.1, 0.15) is 48.8 Å². The van der Waals surface area contributed by atoms with Gasteiger partial charge in [0.1, 0.15) is 0 Å². The van der Waals surface area contributed by atoms with Crippen LogP contribution in [0.3, 0.4) is 0 Å². The van der Waals surface area contributed by atoms with Gasteiger partial charge in [0, 0.05) is 11.3 Å². The Labute approximate surface area is 141 Å². The molecule has 1 fully saturated rings. The van der Waals surface area contributed by atoms with Gasteiger partial charge in [0.05, 0.1) is 16.0 Å². The number of aromatic nitrogens is 1. The first kappa shape index (κ1) is 16.4. The summed E-state index contributed by atoms with van der Waals surface area (Å²) >= 11 is 1.35. The summed E-state index contributed by atoms with van der Waals surface area (Å²) in [6.07, 6.45) is 0. The molecule has 4 nitrogen and oxygen atoms in total. The van der Waals surface area contributed by atoms with Gasteiger partial charge in [-0.05, 0) is 34.6 Å². The van der Waals surface area contributed by atoms with Gasteiger partial charge in [0.2, 0.25) is 5.78 Å². The van der Waals surface area contributed by atoms with Gasteiger partial charge in [-0.15, -0.1) is 11.3 Å². The second kappa shape index (κ2) is 5.55. The summed E-state index contributed by atoms with van der Waals surface area (Å²) < 4.78 is 13.0. The lowest BCUT2D eigenvalue weighted by Gasteiger charge is -2.32. The molecule has 6 heteroatoms. The molecule has 0 amide bonds. The van der Waals surface area contributed by atoms with Crippen LogP contribution in [0.25, 0.3) is 0 Å². The van der Waals surface area contributed by atoms with Gasteiger partial charge in [-0.1, -0.05) is 30.3 Å². The quantitative estimate of drug-likeness (QED) is 0.642. The van der Waals surface area contributed by atoms with Crippen molar-refractivity contribution >= 4 is 29.0 Å². The van der Waals surface area contributed by atoms with Crippen molar-refractivity contribution in [2.24, 2.45) is 0 Å². The lowest BCUT2D eigenvalue weighted by molar-refractivity contribution is 0.00578. The molecule has 1 aliphatic rings. The molecular formula is C17H20BNO3S. The molecule has 0 spiro atoms. The zero-order chi connectivity index (χ0) is 16.8. The molecule has 0 atom stereocenters. The Hall–Kier alpha value is -1.50. The van der Waals surface area contributed by atoms with Gasteiger partial charge < -0.3 is 9.31 Å². The molecule has 1 saturated heterocycles. The van der Waals surface area contributed by atoms with E-state index in [-0.39, 0.29) is 5.78 Å². The molecule has 2 aromatic rings. The van der Waals surface area contributed by atoms with Crippen molar-refractivity contribution in [3.05, 3.63) is 46.6 Å². The number of thiazole rings is 1. The van der Waals surface area contributed by atoms with Gasteiger partial charge in [-0.25, -0.2) is 4.98 Å². The highest BCUT2D eigenvalue weighted by molar-refractivity contribution is 7.23. The molecule has 2 heterocycles. The Bertz CT molecular complexity index is 724. The maximum absolute atomic E-state index is 12.5. The van der Waals surface area contributed by atoms with Crippen molar-refractivity contribution in [2.45, 2.75) is 45.8 Å². The van der Waals surface area contributed by atoms with Crippen LogP contribution in [0.15, 0.2) is 30.3 Å². The molecule has 0 unspecified atom stereocenters. The Morgan fingerprint density at radius 1 is 1.09 bits per heavy atom. The summed E-state index contributed by atoms with van der Waals surface area (Å²) in [5.41, 5.74) is 0.615. The van der Waals surface area contributed by atoms with E-state index in [9.17, 15) is 4.79 Å². The first-order valence-electron chi connectivity index (χ1n) is 7.64. The molecule has 0 aliphatic carbocycles. The van der Waals surface area contributed by atoms with E-state index >= 15 is 0 Å². The summed E-state index contributed by atoms with van der Waals surface area (Å²) in [5.74, 6) is -0.0681. The minimum absolute atomic E-state index is 0.0681. The molecule has 0 N–H and O–H groups in total. The van der Waals surface area contributed by atoms with E-state index in [0.29, 0.717) is 10.6 Å². The second-order valence-electron chi connectivity index (χ2n) is 6.75. The third-order valence-corrected chi connectivity index (χ3v) is 5.71. The highest BCUT2D eigenvalue weighted by Crippen LogP contribution is 2.37. The zero-order valence-corrected chi connectivity index (χ0v) is 14.9. The van der Waals surface area contributed by atoms with Crippen LogP contribution < -0.4 is 4.78 Å². The third-order valence-electron chi connectivity index (χ3n) is 4.53. The number of carbonyl (C=O) groups is 1. The number of rotatable bonds is 3. The first-order chi connectivity index (χ1) is 10.7. The maximum Gasteiger partial charge on any atom is 0.507 e. The van der Waals surface area contributed by atoms with Crippen molar-refractivity contribution in [1.29, 1.82) is 0 Å². The van der Waals surface area contributed by atoms with Crippen molar-refractivity contribution in [3.8, 4) is 0 Å². The van der Waals surface area contributed by atoms with E-state index < -0.39 is 18.3 Å². The predicted molar refractivity (Wildman–Crippen MR) is 92.4 cm³/mol. The molecule has 23 heavy (non-hydrogen) atoms. The van der Waals surface area contributed by atoms with Gasteiger partial charge in [-0.3, -0.25) is 4.79 Å². The molecule has 1 aromatic carbocycles. The SMILES string of the molecule is Cc1nc(C(=O)c2ccccc2)sc1B1OC(C)(C)C(C)(C)O1. The van der Waals surface area contributed by atoms with Crippen molar-refractivity contribution in [1.82, 2.24) is 4.98 Å². The topological polar surface area (TPSA) is 48.4 Å². The van der Waals surface area contributed by atoms with Gasteiger partial charge in [0.25, 0.3) is 0 Å². The molecule has 1 aromatic heterocycles. The Kier molecular flexibility index (Phi) is 3.95. The predicted octanol–water partition coefficient (Wildman–Crippen LogP) is 2.98. The number of ketones is 1. The van der Waals surface area contributed by atoms with E-state index in [1.165, 1.54) is 11.3 Å². The maximum atomic E-state index is 12.5. The van der Waals surface area contributed by atoms with E-state index in [1.54, 1.807) is 12.1 Å². The fraction of sp³-hybridized carbons (Fsp3) is 0.412. The van der Waals surface area contributed by atoms with Crippen molar-refractivity contribution in [3.63, 3.8) is 0 Å². The summed E-state index contributed by atoms with van der Waals surface area (Å²) in [4.78, 5) is 17.0. The highest BCUT2D eigenvalue weighted by atomic mass is 32.1. The second-order valence-corrected chi connectivity index (χ2v) is 7.78. The average molecular weight is 329 g/mol. The third kappa shape index (κ3) is 2.87. The number of hydrogen-bond donors (Lipinski definition) is 0. The number of aryl methyl sites for hydroxylation is 1. The van der Waals surface area contributed by atoms with Gasteiger partial charge in [0.15, 0.2) is 5.01 Å². The first-order valence-corrected chi connectivity index (χ1v) is 8.46. The average Bonchev–Trinajstić information content (AvgIpc) is 2.97. The summed E-state index contributed by atoms with van der Waals surface area (Å²) in [7, 11) is -0.477. The standard InChI is InChI=1S/C17H20BNO3S/c1-11-14(18-21-16(2,3)17(4,5)22-18)23-15(19-11)13(20)12-9-7-6-8-10-12/h6-10H,1-5H3. The van der Waals surface area contributed by atoms with Gasteiger partial charge in [-0.2, -0.15) is 0 Å². The smallest absolute Gasteiger partial charge is 0.399 e. The lowest BCUT2D eigenvalue weighted by Crippen LogP contribution is -2.41. The molecule has 1 aliphatic heterocycles. The number of carbonyl (C=O) groups excluding carboxylic acids is 1. The minimum atomic E-state index is -0.477. The summed E-state index contributed by atoms with van der Waals surface area (Å²) in [6.45, 7) is 9.94.